The molecule has 0 aromatic heterocycles. The van der Waals surface area contributed by atoms with Crippen molar-refractivity contribution in [3.8, 4) is 11.8 Å². The van der Waals surface area contributed by atoms with Gasteiger partial charge in [0.05, 0.1) is 0 Å². The predicted molar refractivity (Wildman–Crippen MR) is 88.5 cm³/mol. The molecule has 0 aliphatic rings. The van der Waals surface area contributed by atoms with E-state index in [2.05, 4.69) is 50.8 Å². The van der Waals surface area contributed by atoms with Crippen LogP contribution in [0.1, 0.15) is 32.8 Å². The zero-order valence-electron chi connectivity index (χ0n) is 11.7. The summed E-state index contributed by atoms with van der Waals surface area (Å²) in [6.07, 6.45) is 3.48. The summed E-state index contributed by atoms with van der Waals surface area (Å²) in [4.78, 5) is 0. The molecule has 0 heterocycles. The number of halogens is 2. The fourth-order valence-corrected chi connectivity index (χ4v) is 1.96. The molecule has 0 aliphatic heterocycles. The summed E-state index contributed by atoms with van der Waals surface area (Å²) >= 11 is 11.8. The van der Waals surface area contributed by atoms with Crippen LogP contribution < -0.4 is 0 Å². The van der Waals surface area contributed by atoms with Crippen LogP contribution in [0.3, 0.4) is 0 Å². The van der Waals surface area contributed by atoms with Gasteiger partial charge in [-0.15, -0.1) is 0 Å². The lowest BCUT2D eigenvalue weighted by atomic mass is 9.88. The Morgan fingerprint density at radius 2 is 1.84 bits per heavy atom. The van der Waals surface area contributed by atoms with Crippen LogP contribution in [-0.4, -0.2) is 5.54 Å². The van der Waals surface area contributed by atoms with E-state index in [0.717, 1.165) is 17.6 Å². The Balaban J connectivity index is 2.83. The Hall–Kier alpha value is -0.835. The quantitative estimate of drug-likeness (QED) is 0.509. The largest absolute Gasteiger partial charge is 0.355 e. The smallest absolute Gasteiger partial charge is 0.171 e. The van der Waals surface area contributed by atoms with Crippen LogP contribution in [0.15, 0.2) is 36.4 Å². The van der Waals surface area contributed by atoms with Crippen LogP contribution in [-0.2, 0) is 0 Å². The Morgan fingerprint density at radius 1 is 1.21 bits per heavy atom. The van der Waals surface area contributed by atoms with Crippen LogP contribution in [0.5, 0.6) is 0 Å². The molecule has 0 fully saturated rings. The molecule has 0 nitrogen and oxygen atoms in total. The summed E-state index contributed by atoms with van der Waals surface area (Å²) in [5.41, 5.74) is 1.97. The van der Waals surface area contributed by atoms with Crippen LogP contribution in [0, 0.1) is 17.3 Å². The van der Waals surface area contributed by atoms with Gasteiger partial charge in [-0.25, -0.2) is 0 Å². The fourth-order valence-electron chi connectivity index (χ4n) is 1.63. The second kappa shape index (κ2) is 7.68. The van der Waals surface area contributed by atoms with Crippen molar-refractivity contribution in [3.05, 3.63) is 42.0 Å². The zero-order chi connectivity index (χ0) is 14.3. The molecule has 19 heavy (non-hydrogen) atoms. The lowest BCUT2D eigenvalue weighted by Gasteiger charge is -2.08. The van der Waals surface area contributed by atoms with Gasteiger partial charge in [0.2, 0.25) is 0 Å². The average molecular weight is 293 g/mol. The van der Waals surface area contributed by atoms with Gasteiger partial charge in [-0.05, 0) is 38.2 Å². The van der Waals surface area contributed by atoms with Crippen LogP contribution >= 0.6 is 22.9 Å². The van der Waals surface area contributed by atoms with Gasteiger partial charge < -0.3 is 0 Å². The first kappa shape index (κ1) is 16.2. The summed E-state index contributed by atoms with van der Waals surface area (Å²) in [5.74, 6) is 6.41. The lowest BCUT2D eigenvalue weighted by molar-refractivity contribution is 0.570. The first-order chi connectivity index (χ1) is 8.88. The molecule has 1 rings (SSSR count). The molecule has 1 aromatic rings. The standard InChI is InChI=1S/C16H19BCl2/c1-16(2,3)12-8-7-11-15(13-17(18)19)14-9-5-4-6-10-14/h4-6,9-11H,7,13H2,1-3H3/b15-11+. The van der Waals surface area contributed by atoms with Crippen LogP contribution in [0.25, 0.3) is 5.57 Å². The highest BCUT2D eigenvalue weighted by Crippen LogP contribution is 2.23. The normalized spacial score (nSPS) is 11.7. The molecular formula is C16H19BCl2. The van der Waals surface area contributed by atoms with Crippen molar-refractivity contribution in [2.75, 3.05) is 0 Å². The van der Waals surface area contributed by atoms with Gasteiger partial charge >= 0.3 is 5.54 Å². The molecule has 0 N–H and O–H groups in total. The maximum absolute atomic E-state index is 5.90. The van der Waals surface area contributed by atoms with Crippen LogP contribution in [0.4, 0.5) is 0 Å². The highest BCUT2D eigenvalue weighted by Gasteiger charge is 2.10. The van der Waals surface area contributed by atoms with E-state index in [0.29, 0.717) is 6.32 Å². The van der Waals surface area contributed by atoms with Gasteiger partial charge in [-0.1, -0.05) is 48.2 Å². The molecule has 0 saturated heterocycles. The number of hydrogen-bond acceptors (Lipinski definition) is 0. The summed E-state index contributed by atoms with van der Waals surface area (Å²) in [5, 5.41) is 0. The molecule has 0 radical (unpaired) electrons. The highest BCUT2D eigenvalue weighted by atomic mass is 35.5. The third kappa shape index (κ3) is 7.36. The maximum Gasteiger partial charge on any atom is 0.355 e. The summed E-state index contributed by atoms with van der Waals surface area (Å²) < 4.78 is 0. The molecular weight excluding hydrogens is 274 g/mol. The van der Waals surface area contributed by atoms with Gasteiger partial charge in [-0.2, -0.15) is 22.9 Å². The molecule has 100 valence electrons. The van der Waals surface area contributed by atoms with E-state index in [1.165, 1.54) is 0 Å². The number of benzene rings is 1. The fraction of sp³-hybridized carbons (Fsp3) is 0.375. The second-order valence-electron chi connectivity index (χ2n) is 5.45. The van der Waals surface area contributed by atoms with Crippen molar-refractivity contribution in [2.24, 2.45) is 5.41 Å². The van der Waals surface area contributed by atoms with E-state index in [1.54, 1.807) is 0 Å². The molecule has 0 unspecified atom stereocenters. The average Bonchev–Trinajstić information content (AvgIpc) is 2.32. The SMILES string of the molecule is CC(C)(C)C#CC/C=C(\CB(Cl)Cl)c1ccccc1. The molecule has 0 bridgehead atoms. The lowest BCUT2D eigenvalue weighted by Crippen LogP contribution is -1.99. The summed E-state index contributed by atoms with van der Waals surface area (Å²) in [6, 6.07) is 10.2. The van der Waals surface area contributed by atoms with E-state index in [4.69, 9.17) is 22.9 Å². The first-order valence-electron chi connectivity index (χ1n) is 6.41. The molecule has 3 heteroatoms. The Kier molecular flexibility index (Phi) is 6.56. The van der Waals surface area contributed by atoms with Gasteiger partial charge in [0.25, 0.3) is 0 Å². The van der Waals surface area contributed by atoms with Crippen molar-refractivity contribution in [2.45, 2.75) is 33.5 Å². The van der Waals surface area contributed by atoms with E-state index < -0.39 is 0 Å². The minimum Gasteiger partial charge on any atom is -0.171 e. The van der Waals surface area contributed by atoms with Gasteiger partial charge in [0, 0.05) is 11.8 Å². The van der Waals surface area contributed by atoms with E-state index in [9.17, 15) is 0 Å². The predicted octanol–water partition coefficient (Wildman–Crippen LogP) is 5.48. The van der Waals surface area contributed by atoms with Gasteiger partial charge in [0.15, 0.2) is 0 Å². The molecule has 0 aliphatic carbocycles. The maximum atomic E-state index is 5.90. The van der Waals surface area contributed by atoms with E-state index in [-0.39, 0.29) is 11.0 Å². The Bertz CT molecular complexity index is 473. The minimum absolute atomic E-state index is 0.0439. The van der Waals surface area contributed by atoms with Crippen molar-refractivity contribution in [1.29, 1.82) is 0 Å². The van der Waals surface area contributed by atoms with Crippen molar-refractivity contribution in [1.82, 2.24) is 0 Å². The van der Waals surface area contributed by atoms with E-state index >= 15 is 0 Å². The molecule has 0 spiro atoms. The minimum atomic E-state index is -0.387. The zero-order valence-corrected chi connectivity index (χ0v) is 13.2. The number of allylic oxidation sites excluding steroid dienone is 2. The second-order valence-corrected chi connectivity index (χ2v) is 6.72. The monoisotopic (exact) mass is 292 g/mol. The highest BCUT2D eigenvalue weighted by molar-refractivity contribution is 7.34. The van der Waals surface area contributed by atoms with Gasteiger partial charge in [0.1, 0.15) is 0 Å². The number of hydrogen-bond donors (Lipinski definition) is 0. The van der Waals surface area contributed by atoms with Crippen molar-refractivity contribution in [3.63, 3.8) is 0 Å². The first-order valence-corrected chi connectivity index (χ1v) is 7.28. The third-order valence-electron chi connectivity index (χ3n) is 2.43. The van der Waals surface area contributed by atoms with Crippen molar-refractivity contribution >= 4 is 34.0 Å². The van der Waals surface area contributed by atoms with Gasteiger partial charge in [-0.3, -0.25) is 0 Å². The molecule has 0 saturated carbocycles. The molecule has 0 amide bonds. The van der Waals surface area contributed by atoms with Crippen molar-refractivity contribution < 1.29 is 0 Å². The Labute approximate surface area is 127 Å². The van der Waals surface area contributed by atoms with E-state index in [1.807, 2.05) is 18.2 Å². The third-order valence-corrected chi connectivity index (χ3v) is 2.74. The Morgan fingerprint density at radius 3 is 2.37 bits per heavy atom. The summed E-state index contributed by atoms with van der Waals surface area (Å²) in [7, 11) is 0. The van der Waals surface area contributed by atoms with Crippen LogP contribution in [0.2, 0.25) is 6.32 Å². The molecule has 0 atom stereocenters. The summed E-state index contributed by atoms with van der Waals surface area (Å²) in [6.45, 7) is 6.32. The topological polar surface area (TPSA) is 0 Å². The number of rotatable bonds is 4. The molecule has 1 aromatic carbocycles.